The molecular formula is C16H15F2NO4. The third-order valence-corrected chi connectivity index (χ3v) is 3.81. The third-order valence-electron chi connectivity index (χ3n) is 3.81. The number of carbonyl (C=O) groups excluding carboxylic acids is 1. The fourth-order valence-corrected chi connectivity index (χ4v) is 2.66. The summed E-state index contributed by atoms with van der Waals surface area (Å²) in [7, 11) is 1.35. The topological polar surface area (TPSA) is 57.5 Å². The van der Waals surface area contributed by atoms with Crippen molar-refractivity contribution in [3.63, 3.8) is 0 Å². The van der Waals surface area contributed by atoms with Crippen molar-refractivity contribution >= 4 is 16.9 Å². The molecule has 0 saturated heterocycles. The summed E-state index contributed by atoms with van der Waals surface area (Å²) >= 11 is 0. The van der Waals surface area contributed by atoms with Crippen LogP contribution in [-0.2, 0) is 4.74 Å². The standard InChI is InChI=1S/C16H15F2NO4/c1-3-23-16(21)12-14(20)11-9(17)6-7-10(22-2)13(11)19(15(12)18)8-4-5-8/h6-8H,3-5H2,1-2H3. The number of fused-ring (bicyclic) bond motifs is 1. The van der Waals surface area contributed by atoms with Crippen molar-refractivity contribution in [1.29, 1.82) is 0 Å². The van der Waals surface area contributed by atoms with Crippen LogP contribution in [0.2, 0.25) is 0 Å². The molecule has 1 fully saturated rings. The van der Waals surface area contributed by atoms with Crippen molar-refractivity contribution in [3.8, 4) is 5.75 Å². The molecule has 1 aromatic carbocycles. The maximum Gasteiger partial charge on any atom is 0.346 e. The second kappa shape index (κ2) is 5.64. The van der Waals surface area contributed by atoms with Crippen LogP contribution in [0, 0.1) is 11.8 Å². The zero-order valence-electron chi connectivity index (χ0n) is 12.7. The molecule has 2 aromatic rings. The first-order valence-corrected chi connectivity index (χ1v) is 7.28. The van der Waals surface area contributed by atoms with Gasteiger partial charge in [0.1, 0.15) is 17.1 Å². The van der Waals surface area contributed by atoms with Gasteiger partial charge in [0.15, 0.2) is 5.56 Å². The van der Waals surface area contributed by atoms with E-state index < -0.39 is 28.7 Å². The SMILES string of the molecule is CCOC(=O)c1c(F)n(C2CC2)c2c(OC)ccc(F)c2c1=O. The first-order valence-electron chi connectivity index (χ1n) is 7.28. The zero-order valence-corrected chi connectivity index (χ0v) is 12.7. The van der Waals surface area contributed by atoms with Gasteiger partial charge in [-0.05, 0) is 31.9 Å². The van der Waals surface area contributed by atoms with Crippen LogP contribution >= 0.6 is 0 Å². The fourth-order valence-electron chi connectivity index (χ4n) is 2.66. The first kappa shape index (κ1) is 15.5. The molecule has 3 rings (SSSR count). The van der Waals surface area contributed by atoms with E-state index in [1.807, 2.05) is 0 Å². The van der Waals surface area contributed by atoms with E-state index in [0.717, 1.165) is 6.07 Å². The van der Waals surface area contributed by atoms with E-state index in [1.165, 1.54) is 17.7 Å². The molecule has 0 radical (unpaired) electrons. The van der Waals surface area contributed by atoms with Crippen molar-refractivity contribution in [1.82, 2.24) is 4.57 Å². The van der Waals surface area contributed by atoms with Crippen LogP contribution in [0.15, 0.2) is 16.9 Å². The molecule has 0 unspecified atom stereocenters. The summed E-state index contributed by atoms with van der Waals surface area (Å²) in [6.07, 6.45) is 1.35. The summed E-state index contributed by atoms with van der Waals surface area (Å²) in [5.41, 5.74) is -1.76. The molecule has 122 valence electrons. The van der Waals surface area contributed by atoms with Gasteiger partial charge in [0, 0.05) is 6.04 Å². The van der Waals surface area contributed by atoms with E-state index in [4.69, 9.17) is 9.47 Å². The van der Waals surface area contributed by atoms with E-state index >= 15 is 0 Å². The van der Waals surface area contributed by atoms with Crippen LogP contribution in [0.3, 0.4) is 0 Å². The minimum absolute atomic E-state index is 0.0141. The molecule has 0 atom stereocenters. The molecule has 5 nitrogen and oxygen atoms in total. The molecule has 0 N–H and O–H groups in total. The van der Waals surface area contributed by atoms with Crippen molar-refractivity contribution in [2.75, 3.05) is 13.7 Å². The number of hydrogen-bond acceptors (Lipinski definition) is 4. The number of methoxy groups -OCH3 is 1. The van der Waals surface area contributed by atoms with Gasteiger partial charge in [-0.3, -0.25) is 4.79 Å². The van der Waals surface area contributed by atoms with Crippen LogP contribution in [0.4, 0.5) is 8.78 Å². The molecule has 0 amide bonds. The van der Waals surface area contributed by atoms with E-state index in [9.17, 15) is 18.4 Å². The number of aromatic nitrogens is 1. The summed E-state index contributed by atoms with van der Waals surface area (Å²) in [6.45, 7) is 1.53. The third kappa shape index (κ3) is 2.36. The Hall–Kier alpha value is -2.44. The molecule has 1 aliphatic rings. The zero-order chi connectivity index (χ0) is 16.7. The number of nitrogens with zero attached hydrogens (tertiary/aromatic N) is 1. The summed E-state index contributed by atoms with van der Waals surface area (Å²) in [5, 5.41) is -0.360. The predicted molar refractivity (Wildman–Crippen MR) is 78.9 cm³/mol. The molecule has 0 bridgehead atoms. The highest BCUT2D eigenvalue weighted by Gasteiger charge is 2.34. The Morgan fingerprint density at radius 3 is 2.61 bits per heavy atom. The van der Waals surface area contributed by atoms with Crippen molar-refractivity contribution in [2.45, 2.75) is 25.8 Å². The quantitative estimate of drug-likeness (QED) is 0.641. The maximum atomic E-state index is 14.9. The van der Waals surface area contributed by atoms with Gasteiger partial charge in [0.2, 0.25) is 11.4 Å². The highest BCUT2D eigenvalue weighted by atomic mass is 19.1. The minimum atomic E-state index is -1.09. The molecule has 1 saturated carbocycles. The number of carbonyl (C=O) groups is 1. The highest BCUT2D eigenvalue weighted by Crippen LogP contribution is 2.40. The first-order chi connectivity index (χ1) is 11.0. The molecule has 0 spiro atoms. The van der Waals surface area contributed by atoms with Crippen molar-refractivity contribution in [3.05, 3.63) is 39.7 Å². The van der Waals surface area contributed by atoms with Gasteiger partial charge in [0.25, 0.3) is 0 Å². The molecule has 1 heterocycles. The Morgan fingerprint density at radius 2 is 2.04 bits per heavy atom. The summed E-state index contributed by atoms with van der Waals surface area (Å²) in [5.74, 6) is -2.74. The highest BCUT2D eigenvalue weighted by molar-refractivity contribution is 5.96. The lowest BCUT2D eigenvalue weighted by atomic mass is 10.1. The van der Waals surface area contributed by atoms with Gasteiger partial charge in [-0.1, -0.05) is 0 Å². The largest absolute Gasteiger partial charge is 0.495 e. The van der Waals surface area contributed by atoms with E-state index in [-0.39, 0.29) is 29.3 Å². The monoisotopic (exact) mass is 323 g/mol. The summed E-state index contributed by atoms with van der Waals surface area (Å²) in [4.78, 5) is 24.5. The van der Waals surface area contributed by atoms with Gasteiger partial charge < -0.3 is 14.0 Å². The number of hydrogen-bond donors (Lipinski definition) is 0. The summed E-state index contributed by atoms with van der Waals surface area (Å²) < 4.78 is 40.2. The Labute approximate surface area is 130 Å². The van der Waals surface area contributed by atoms with Crippen molar-refractivity contribution < 1.29 is 23.0 Å². The molecule has 1 aromatic heterocycles. The Kier molecular flexibility index (Phi) is 3.79. The van der Waals surface area contributed by atoms with Crippen LogP contribution < -0.4 is 10.2 Å². The van der Waals surface area contributed by atoms with Gasteiger partial charge in [0.05, 0.1) is 19.1 Å². The number of halogens is 2. The molecular weight excluding hydrogens is 308 g/mol. The molecule has 1 aliphatic carbocycles. The number of ether oxygens (including phenoxy) is 2. The van der Waals surface area contributed by atoms with E-state index in [1.54, 1.807) is 6.92 Å². The molecule has 0 aliphatic heterocycles. The second-order valence-corrected chi connectivity index (χ2v) is 5.29. The van der Waals surface area contributed by atoms with Crippen LogP contribution in [0.1, 0.15) is 36.2 Å². The average Bonchev–Trinajstić information content (AvgIpc) is 3.32. The normalized spacial score (nSPS) is 14.1. The van der Waals surface area contributed by atoms with E-state index in [2.05, 4.69) is 0 Å². The number of benzene rings is 1. The minimum Gasteiger partial charge on any atom is -0.495 e. The lowest BCUT2D eigenvalue weighted by molar-refractivity contribution is 0.0517. The van der Waals surface area contributed by atoms with E-state index in [0.29, 0.717) is 12.8 Å². The fraction of sp³-hybridized carbons (Fsp3) is 0.375. The summed E-state index contributed by atoms with van der Waals surface area (Å²) in [6, 6.07) is 2.16. The Morgan fingerprint density at radius 1 is 1.35 bits per heavy atom. The lowest BCUT2D eigenvalue weighted by Crippen LogP contribution is -2.25. The number of pyridine rings is 1. The van der Waals surface area contributed by atoms with Crippen LogP contribution in [-0.4, -0.2) is 24.3 Å². The van der Waals surface area contributed by atoms with Gasteiger partial charge in [-0.25, -0.2) is 9.18 Å². The molecule has 7 heteroatoms. The number of rotatable bonds is 4. The average molecular weight is 323 g/mol. The Balaban J connectivity index is 2.47. The number of esters is 1. The van der Waals surface area contributed by atoms with Gasteiger partial charge in [-0.2, -0.15) is 4.39 Å². The van der Waals surface area contributed by atoms with Gasteiger partial charge >= 0.3 is 5.97 Å². The Bertz CT molecular complexity index is 856. The smallest absolute Gasteiger partial charge is 0.346 e. The van der Waals surface area contributed by atoms with Crippen molar-refractivity contribution in [2.24, 2.45) is 0 Å². The second-order valence-electron chi connectivity index (χ2n) is 5.29. The van der Waals surface area contributed by atoms with Crippen LogP contribution in [0.25, 0.3) is 10.9 Å². The molecule has 23 heavy (non-hydrogen) atoms. The lowest BCUT2D eigenvalue weighted by Gasteiger charge is -2.17. The van der Waals surface area contributed by atoms with Crippen LogP contribution in [0.5, 0.6) is 5.75 Å². The predicted octanol–water partition coefficient (Wildman–Crippen LogP) is 2.80. The maximum absolute atomic E-state index is 14.9. The van der Waals surface area contributed by atoms with Gasteiger partial charge in [-0.15, -0.1) is 0 Å².